The Labute approximate surface area is 222 Å². The zero-order valence-electron chi connectivity index (χ0n) is 22.6. The molecule has 0 saturated carbocycles. The van der Waals surface area contributed by atoms with Crippen LogP contribution >= 0.6 is 0 Å². The van der Waals surface area contributed by atoms with Gasteiger partial charge in [0, 0.05) is 36.6 Å². The molecule has 1 aliphatic rings. The quantitative estimate of drug-likeness (QED) is 0.197. The highest BCUT2D eigenvalue weighted by molar-refractivity contribution is 5.71. The van der Waals surface area contributed by atoms with Gasteiger partial charge in [-0.15, -0.1) is 0 Å². The average molecular weight is 539 g/mol. The number of amides is 1. The number of benzene rings is 1. The Morgan fingerprint density at radius 3 is 2.45 bits per heavy atom. The Hall–Kier alpha value is -3.14. The summed E-state index contributed by atoms with van der Waals surface area (Å²) in [5.41, 5.74) is 7.96. The highest BCUT2D eigenvalue weighted by atomic mass is 19.3. The molecule has 1 amide bonds. The van der Waals surface area contributed by atoms with E-state index < -0.39 is 31.1 Å². The van der Waals surface area contributed by atoms with Gasteiger partial charge in [-0.25, -0.2) is 4.79 Å². The van der Waals surface area contributed by atoms with Crippen molar-refractivity contribution in [2.75, 3.05) is 13.1 Å². The summed E-state index contributed by atoms with van der Waals surface area (Å²) in [7, 11) is 0. The van der Waals surface area contributed by atoms with E-state index in [1.165, 1.54) is 12.1 Å². The molecule has 0 aliphatic heterocycles. The first kappa shape index (κ1) is 31.1. The number of phenols is 2. The molecule has 2 rings (SSSR count). The predicted octanol–water partition coefficient (Wildman–Crippen LogP) is 5.74. The van der Waals surface area contributed by atoms with Crippen LogP contribution in [0.3, 0.4) is 0 Å². The summed E-state index contributed by atoms with van der Waals surface area (Å²) in [5.74, 6) is -2.01. The van der Waals surface area contributed by atoms with Gasteiger partial charge in [0.15, 0.2) is 0 Å². The summed E-state index contributed by atoms with van der Waals surface area (Å²) in [4.78, 5) is 24.0. The molecule has 0 heterocycles. The van der Waals surface area contributed by atoms with Crippen LogP contribution in [0.25, 0.3) is 0 Å². The minimum Gasteiger partial charge on any atom is -0.507 e. The molecule has 1 aromatic carbocycles. The molecule has 0 unspecified atom stereocenters. The molecular weight excluding hydrogens is 498 g/mol. The predicted molar refractivity (Wildman–Crippen MR) is 140 cm³/mol. The van der Waals surface area contributed by atoms with E-state index in [1.54, 1.807) is 0 Å². The van der Waals surface area contributed by atoms with Crippen molar-refractivity contribution in [2.45, 2.75) is 71.8 Å². The zero-order chi connectivity index (χ0) is 28.6. The van der Waals surface area contributed by atoms with Crippen molar-refractivity contribution >= 4 is 12.1 Å². The normalized spacial score (nSPS) is 18.5. The lowest BCUT2D eigenvalue weighted by Gasteiger charge is -2.31. The van der Waals surface area contributed by atoms with Gasteiger partial charge < -0.3 is 30.7 Å². The Bertz CT molecular complexity index is 1020. The van der Waals surface area contributed by atoms with Crippen LogP contribution in [-0.4, -0.2) is 41.5 Å². The number of phenolic OH excluding ortho intramolecular Hbond substituents is 2. The summed E-state index contributed by atoms with van der Waals surface area (Å²) >= 11 is 0. The fraction of sp³-hybridized carbons (Fsp3) is 0.571. The number of hydrogen-bond donors (Lipinski definition) is 4. The van der Waals surface area contributed by atoms with Crippen LogP contribution in [0.15, 0.2) is 35.9 Å². The lowest BCUT2D eigenvalue weighted by atomic mass is 9.74. The van der Waals surface area contributed by atoms with Crippen LogP contribution in [0.4, 0.5) is 13.6 Å². The summed E-state index contributed by atoms with van der Waals surface area (Å²) in [6, 6.07) is 2.37. The van der Waals surface area contributed by atoms with E-state index in [-0.39, 0.29) is 53.9 Å². The number of carbonyl (C=O) groups excluding carboxylic acids is 2. The Morgan fingerprint density at radius 1 is 1.26 bits per heavy atom. The second kappa shape index (κ2) is 13.6. The fourth-order valence-corrected chi connectivity index (χ4v) is 4.78. The van der Waals surface area contributed by atoms with Crippen molar-refractivity contribution in [3.05, 3.63) is 41.5 Å². The first-order valence-corrected chi connectivity index (χ1v) is 12.9. The topological polar surface area (TPSA) is 131 Å². The Morgan fingerprint density at radius 2 is 1.89 bits per heavy atom. The Kier molecular flexibility index (Phi) is 11.1. The molecule has 0 saturated heterocycles. The molecule has 5 N–H and O–H groups in total. The molecule has 0 radical (unpaired) electrons. The maximum Gasteiger partial charge on any atom is 0.412 e. The number of ether oxygens (including phenoxy) is 2. The van der Waals surface area contributed by atoms with Gasteiger partial charge in [0.2, 0.25) is 0 Å². The van der Waals surface area contributed by atoms with Gasteiger partial charge in [0.05, 0.1) is 6.42 Å². The van der Waals surface area contributed by atoms with Gasteiger partial charge in [0.1, 0.15) is 17.2 Å². The lowest BCUT2D eigenvalue weighted by Crippen LogP contribution is -2.34. The standard InChI is InChI=1S/C28H40F2N2O6/c1-16(2)10-19(15-31)12-25(35)38-28(29,30)8-9-32-27(36)37-20-13-23(33)26(24(34)14-20)22-11-18(5)6-7-21(22)17(3)4/h11,13-14,16,19,21-22,33-34H,3,6-10,12,15,31H2,1-2,4-5H3,(H,32,36)/t19-,21-,22+/m0/s1. The van der Waals surface area contributed by atoms with Crippen molar-refractivity contribution in [3.8, 4) is 17.2 Å². The number of aromatic hydroxyl groups is 2. The van der Waals surface area contributed by atoms with Crippen molar-refractivity contribution in [1.29, 1.82) is 0 Å². The monoisotopic (exact) mass is 538 g/mol. The van der Waals surface area contributed by atoms with E-state index in [9.17, 15) is 28.6 Å². The number of allylic oxidation sites excluding steroid dienone is 3. The van der Waals surface area contributed by atoms with Gasteiger partial charge in [-0.3, -0.25) is 4.79 Å². The van der Waals surface area contributed by atoms with Crippen LogP contribution in [0.1, 0.15) is 71.3 Å². The number of halogens is 2. The Balaban J connectivity index is 1.94. The molecule has 0 aromatic heterocycles. The molecule has 212 valence electrons. The SMILES string of the molecule is C=C(C)[C@@H]1CCC(C)=C[C@H]1c1c(O)cc(OC(=O)NCCC(F)(F)OC(=O)C[C@@H](CN)CC(C)C)cc1O. The zero-order valence-corrected chi connectivity index (χ0v) is 22.6. The summed E-state index contributed by atoms with van der Waals surface area (Å²) in [6.45, 7) is 11.4. The van der Waals surface area contributed by atoms with Crippen molar-refractivity contribution in [2.24, 2.45) is 23.5 Å². The molecule has 1 aliphatic carbocycles. The maximum absolute atomic E-state index is 14.1. The first-order valence-electron chi connectivity index (χ1n) is 12.9. The molecule has 10 heteroatoms. The number of esters is 1. The molecule has 3 atom stereocenters. The molecule has 0 spiro atoms. The van der Waals surface area contributed by atoms with Crippen LogP contribution in [0, 0.1) is 17.8 Å². The minimum atomic E-state index is -3.79. The first-order chi connectivity index (χ1) is 17.7. The molecule has 0 bridgehead atoms. The third-order valence-corrected chi connectivity index (χ3v) is 6.58. The lowest BCUT2D eigenvalue weighted by molar-refractivity contribution is -0.235. The number of carbonyl (C=O) groups is 2. The van der Waals surface area contributed by atoms with Gasteiger partial charge in [-0.05, 0) is 57.4 Å². The maximum atomic E-state index is 14.1. The van der Waals surface area contributed by atoms with Crippen LogP contribution < -0.4 is 15.8 Å². The summed E-state index contributed by atoms with van der Waals surface area (Å²) in [5, 5.41) is 23.4. The van der Waals surface area contributed by atoms with Crippen LogP contribution in [0.5, 0.6) is 17.2 Å². The van der Waals surface area contributed by atoms with Gasteiger partial charge in [-0.2, -0.15) is 8.78 Å². The largest absolute Gasteiger partial charge is 0.507 e. The average Bonchev–Trinajstić information content (AvgIpc) is 2.77. The second-order valence-corrected chi connectivity index (χ2v) is 10.5. The number of nitrogens with two attached hydrogens (primary N) is 1. The van der Waals surface area contributed by atoms with Gasteiger partial charge in [0.25, 0.3) is 0 Å². The third-order valence-electron chi connectivity index (χ3n) is 6.58. The van der Waals surface area contributed by atoms with E-state index in [1.807, 2.05) is 33.8 Å². The summed E-state index contributed by atoms with van der Waals surface area (Å²) < 4.78 is 37.5. The van der Waals surface area contributed by atoms with Crippen LogP contribution in [0.2, 0.25) is 0 Å². The van der Waals surface area contributed by atoms with E-state index in [0.717, 1.165) is 24.0 Å². The van der Waals surface area contributed by atoms with E-state index in [2.05, 4.69) is 16.6 Å². The van der Waals surface area contributed by atoms with Crippen molar-refractivity contribution in [1.82, 2.24) is 5.32 Å². The molecular formula is C28H40F2N2O6. The minimum absolute atomic E-state index is 0.0257. The van der Waals surface area contributed by atoms with Crippen LogP contribution in [-0.2, 0) is 9.53 Å². The molecule has 1 aromatic rings. The highest BCUT2D eigenvalue weighted by Crippen LogP contribution is 2.47. The van der Waals surface area contributed by atoms with E-state index in [4.69, 9.17) is 10.5 Å². The van der Waals surface area contributed by atoms with Gasteiger partial charge >= 0.3 is 18.2 Å². The second-order valence-electron chi connectivity index (χ2n) is 10.5. The van der Waals surface area contributed by atoms with E-state index in [0.29, 0.717) is 12.0 Å². The number of alkyl halides is 2. The molecule has 8 nitrogen and oxygen atoms in total. The van der Waals surface area contributed by atoms with Crippen molar-refractivity contribution < 1.29 is 38.1 Å². The highest BCUT2D eigenvalue weighted by Gasteiger charge is 2.34. The smallest absolute Gasteiger partial charge is 0.412 e. The number of nitrogens with one attached hydrogen (secondary N) is 1. The fourth-order valence-electron chi connectivity index (χ4n) is 4.78. The molecule has 38 heavy (non-hydrogen) atoms. The van der Waals surface area contributed by atoms with Crippen molar-refractivity contribution in [3.63, 3.8) is 0 Å². The number of rotatable bonds is 12. The van der Waals surface area contributed by atoms with Gasteiger partial charge in [-0.1, -0.05) is 37.6 Å². The third kappa shape index (κ3) is 9.31. The van der Waals surface area contributed by atoms with E-state index >= 15 is 0 Å². The summed E-state index contributed by atoms with van der Waals surface area (Å²) in [6.07, 6.45) is -1.73. The molecule has 0 fully saturated rings. The number of hydrogen-bond acceptors (Lipinski definition) is 7.